The second-order valence-corrected chi connectivity index (χ2v) is 5.75. The van der Waals surface area contributed by atoms with Crippen molar-refractivity contribution in [3.05, 3.63) is 22.7 Å². The van der Waals surface area contributed by atoms with Gasteiger partial charge in [-0.05, 0) is 38.8 Å². The summed E-state index contributed by atoms with van der Waals surface area (Å²) in [4.78, 5) is 14.5. The van der Waals surface area contributed by atoms with Crippen molar-refractivity contribution in [1.29, 1.82) is 0 Å². The van der Waals surface area contributed by atoms with Gasteiger partial charge in [-0.2, -0.15) is 0 Å². The quantitative estimate of drug-likeness (QED) is 0.662. The summed E-state index contributed by atoms with van der Waals surface area (Å²) in [5, 5.41) is 0.520. The molecule has 0 spiro atoms. The first-order chi connectivity index (χ1) is 10.1. The Hall–Kier alpha value is -1.42. The number of nitrogens with two attached hydrogens (primary N) is 1. The highest BCUT2D eigenvalue weighted by Crippen LogP contribution is 2.37. The Morgan fingerprint density at radius 1 is 1.38 bits per heavy atom. The van der Waals surface area contributed by atoms with Crippen molar-refractivity contribution < 1.29 is 9.53 Å². The predicted molar refractivity (Wildman–Crippen MR) is 87.1 cm³/mol. The first-order valence-electron chi connectivity index (χ1n) is 7.61. The third-order valence-electron chi connectivity index (χ3n) is 3.97. The lowest BCUT2D eigenvalue weighted by molar-refractivity contribution is 0.0527. The van der Waals surface area contributed by atoms with Crippen LogP contribution in [0.2, 0.25) is 5.02 Å². The Morgan fingerprint density at radius 2 is 2.05 bits per heavy atom. The molecule has 1 saturated carbocycles. The molecule has 0 amide bonds. The number of ether oxygens (including phenoxy) is 1. The van der Waals surface area contributed by atoms with E-state index in [1.54, 1.807) is 19.1 Å². The minimum Gasteiger partial charge on any atom is -0.462 e. The SMILES string of the molecule is CCOC(=O)c1cc(N)cc(Cl)c1N(CC)C1CCCC1. The standard InChI is InChI=1S/C16H23ClN2O2/c1-3-19(12-7-5-6-8-12)15-13(16(20)21-4-2)9-11(18)10-14(15)17/h9-10,12H,3-8,18H2,1-2H3. The monoisotopic (exact) mass is 310 g/mol. The average Bonchev–Trinajstić information content (AvgIpc) is 2.95. The predicted octanol–water partition coefficient (Wildman–Crippen LogP) is 3.87. The Labute approximate surface area is 131 Å². The van der Waals surface area contributed by atoms with Gasteiger partial charge >= 0.3 is 5.97 Å². The molecule has 2 N–H and O–H groups in total. The van der Waals surface area contributed by atoms with Crippen LogP contribution in [0.5, 0.6) is 0 Å². The van der Waals surface area contributed by atoms with Gasteiger partial charge < -0.3 is 15.4 Å². The van der Waals surface area contributed by atoms with Crippen molar-refractivity contribution in [3.63, 3.8) is 0 Å². The van der Waals surface area contributed by atoms with Crippen LogP contribution in [-0.2, 0) is 4.74 Å². The van der Waals surface area contributed by atoms with Gasteiger partial charge in [-0.25, -0.2) is 4.79 Å². The molecule has 0 atom stereocenters. The van der Waals surface area contributed by atoms with Crippen LogP contribution in [-0.4, -0.2) is 25.2 Å². The Kier molecular flexibility index (Phi) is 5.34. The molecule has 1 fully saturated rings. The minimum atomic E-state index is -0.363. The number of carbonyl (C=O) groups excluding carboxylic acids is 1. The van der Waals surface area contributed by atoms with E-state index in [0.717, 1.165) is 25.1 Å². The zero-order valence-electron chi connectivity index (χ0n) is 12.7. The Morgan fingerprint density at radius 3 is 2.62 bits per heavy atom. The van der Waals surface area contributed by atoms with Gasteiger partial charge in [0, 0.05) is 18.3 Å². The number of esters is 1. The maximum atomic E-state index is 12.2. The summed E-state index contributed by atoms with van der Waals surface area (Å²) in [5.41, 5.74) is 7.56. The van der Waals surface area contributed by atoms with E-state index in [2.05, 4.69) is 11.8 Å². The lowest BCUT2D eigenvalue weighted by Crippen LogP contribution is -2.34. The Bertz CT molecular complexity index is 513. The molecule has 0 radical (unpaired) electrons. The van der Waals surface area contributed by atoms with Gasteiger partial charge in [-0.3, -0.25) is 0 Å². The molecular formula is C16H23ClN2O2. The van der Waals surface area contributed by atoms with Crippen LogP contribution in [0.4, 0.5) is 11.4 Å². The molecule has 1 aromatic carbocycles. The van der Waals surface area contributed by atoms with Gasteiger partial charge in [-0.15, -0.1) is 0 Å². The third-order valence-corrected chi connectivity index (χ3v) is 4.26. The molecule has 0 aliphatic heterocycles. The fourth-order valence-corrected chi connectivity index (χ4v) is 3.43. The molecule has 0 unspecified atom stereocenters. The van der Waals surface area contributed by atoms with E-state index in [-0.39, 0.29) is 5.97 Å². The van der Waals surface area contributed by atoms with E-state index in [0.29, 0.717) is 28.9 Å². The van der Waals surface area contributed by atoms with E-state index in [4.69, 9.17) is 22.1 Å². The number of hydrogen-bond donors (Lipinski definition) is 1. The first-order valence-corrected chi connectivity index (χ1v) is 7.99. The molecule has 1 aliphatic carbocycles. The fourth-order valence-electron chi connectivity index (χ4n) is 3.09. The first kappa shape index (κ1) is 16.0. The van der Waals surface area contributed by atoms with Crippen LogP contribution < -0.4 is 10.6 Å². The van der Waals surface area contributed by atoms with Crippen molar-refractivity contribution in [3.8, 4) is 0 Å². The minimum absolute atomic E-state index is 0.334. The summed E-state index contributed by atoms with van der Waals surface area (Å²) in [6.45, 7) is 5.01. The van der Waals surface area contributed by atoms with Gasteiger partial charge in [0.2, 0.25) is 0 Å². The maximum absolute atomic E-state index is 12.2. The summed E-state index contributed by atoms with van der Waals surface area (Å²) in [5.74, 6) is -0.363. The van der Waals surface area contributed by atoms with Crippen LogP contribution in [0.1, 0.15) is 49.9 Å². The highest BCUT2D eigenvalue weighted by Gasteiger charge is 2.27. The summed E-state index contributed by atoms with van der Waals surface area (Å²) >= 11 is 6.40. The molecule has 1 aliphatic rings. The van der Waals surface area contributed by atoms with Crippen molar-refractivity contribution in [1.82, 2.24) is 0 Å². The summed E-state index contributed by atoms with van der Waals surface area (Å²) in [6.07, 6.45) is 4.72. The highest BCUT2D eigenvalue weighted by atomic mass is 35.5. The van der Waals surface area contributed by atoms with E-state index >= 15 is 0 Å². The summed E-state index contributed by atoms with van der Waals surface area (Å²) in [7, 11) is 0. The zero-order valence-corrected chi connectivity index (χ0v) is 13.4. The lowest BCUT2D eigenvalue weighted by atomic mass is 10.1. The fraction of sp³-hybridized carbons (Fsp3) is 0.562. The largest absolute Gasteiger partial charge is 0.462 e. The molecular weight excluding hydrogens is 288 g/mol. The molecule has 0 bridgehead atoms. The van der Waals surface area contributed by atoms with Crippen molar-refractivity contribution in [2.24, 2.45) is 0 Å². The van der Waals surface area contributed by atoms with E-state index in [9.17, 15) is 4.79 Å². The summed E-state index contributed by atoms with van der Waals surface area (Å²) in [6, 6.07) is 3.80. The number of benzene rings is 1. The number of nitrogens with zero attached hydrogens (tertiary/aromatic N) is 1. The van der Waals surface area contributed by atoms with Crippen LogP contribution in [0, 0.1) is 0 Å². The molecule has 0 aromatic heterocycles. The Balaban J connectivity index is 2.46. The van der Waals surface area contributed by atoms with Crippen LogP contribution in [0.25, 0.3) is 0 Å². The average molecular weight is 311 g/mol. The molecule has 2 rings (SSSR count). The van der Waals surface area contributed by atoms with Gasteiger partial charge in [0.25, 0.3) is 0 Å². The number of hydrogen-bond acceptors (Lipinski definition) is 4. The molecule has 0 heterocycles. The zero-order chi connectivity index (χ0) is 15.4. The topological polar surface area (TPSA) is 55.6 Å². The van der Waals surface area contributed by atoms with Gasteiger partial charge in [-0.1, -0.05) is 24.4 Å². The van der Waals surface area contributed by atoms with E-state index in [1.165, 1.54) is 12.8 Å². The van der Waals surface area contributed by atoms with Gasteiger partial charge in [0.1, 0.15) is 0 Å². The smallest absolute Gasteiger partial charge is 0.340 e. The number of halogens is 1. The second kappa shape index (κ2) is 7.03. The van der Waals surface area contributed by atoms with E-state index in [1.807, 2.05) is 0 Å². The number of rotatable bonds is 5. The molecule has 21 heavy (non-hydrogen) atoms. The molecule has 4 nitrogen and oxygen atoms in total. The maximum Gasteiger partial charge on any atom is 0.340 e. The molecule has 5 heteroatoms. The molecule has 0 saturated heterocycles. The normalized spacial score (nSPS) is 15.2. The van der Waals surface area contributed by atoms with Crippen LogP contribution >= 0.6 is 11.6 Å². The van der Waals surface area contributed by atoms with Crippen molar-refractivity contribution >= 4 is 28.9 Å². The highest BCUT2D eigenvalue weighted by molar-refractivity contribution is 6.34. The second-order valence-electron chi connectivity index (χ2n) is 5.34. The van der Waals surface area contributed by atoms with E-state index < -0.39 is 0 Å². The number of carbonyl (C=O) groups is 1. The van der Waals surface area contributed by atoms with Gasteiger partial charge in [0.05, 0.1) is 22.9 Å². The van der Waals surface area contributed by atoms with Crippen LogP contribution in [0.15, 0.2) is 12.1 Å². The number of nitrogen functional groups attached to an aromatic ring is 1. The lowest BCUT2D eigenvalue weighted by Gasteiger charge is -2.32. The summed E-state index contributed by atoms with van der Waals surface area (Å²) < 4.78 is 5.16. The molecule has 1 aromatic rings. The number of anilines is 2. The molecule has 116 valence electrons. The van der Waals surface area contributed by atoms with Crippen molar-refractivity contribution in [2.45, 2.75) is 45.6 Å². The third kappa shape index (κ3) is 3.43. The van der Waals surface area contributed by atoms with Crippen LogP contribution in [0.3, 0.4) is 0 Å². The van der Waals surface area contributed by atoms with Gasteiger partial charge in [0.15, 0.2) is 0 Å². The van der Waals surface area contributed by atoms with Crippen molar-refractivity contribution in [2.75, 3.05) is 23.8 Å².